The summed E-state index contributed by atoms with van der Waals surface area (Å²) in [6.07, 6.45) is 2.77. The highest BCUT2D eigenvalue weighted by atomic mass is 16.5. The van der Waals surface area contributed by atoms with E-state index in [4.69, 9.17) is 21.9 Å². The Morgan fingerprint density at radius 1 is 1.50 bits per heavy atom. The molecule has 0 saturated carbocycles. The summed E-state index contributed by atoms with van der Waals surface area (Å²) in [5.74, 6) is 0.674. The van der Waals surface area contributed by atoms with Crippen LogP contribution in [0.5, 0.6) is 0 Å². The maximum atomic E-state index is 5.16. The Hall–Kier alpha value is -1.32. The van der Waals surface area contributed by atoms with Gasteiger partial charge >= 0.3 is 0 Å². The summed E-state index contributed by atoms with van der Waals surface area (Å²) >= 11 is 0. The van der Waals surface area contributed by atoms with Crippen molar-refractivity contribution in [2.24, 2.45) is 17.2 Å². The van der Waals surface area contributed by atoms with Crippen molar-refractivity contribution in [3.05, 3.63) is 23.9 Å². The smallest absolute Gasteiger partial charge is 0.138 e. The van der Waals surface area contributed by atoms with Gasteiger partial charge in [-0.1, -0.05) is 0 Å². The molecule has 0 radical (unpaired) electrons. The number of nitrogens with two attached hydrogens (primary N) is 3. The van der Waals surface area contributed by atoms with Crippen LogP contribution >= 0.6 is 0 Å². The molecule has 0 aliphatic heterocycles. The fourth-order valence-corrected chi connectivity index (χ4v) is 0.469. The molecule has 6 N–H and O–H groups in total. The molecule has 58 valence electrons. The number of hydrogen-bond donors (Lipinski definition) is 3. The van der Waals surface area contributed by atoms with E-state index in [1.807, 2.05) is 6.92 Å². The number of rotatable bonds is 3. The molecule has 0 aromatic carbocycles. The van der Waals surface area contributed by atoms with Crippen molar-refractivity contribution >= 4 is 0 Å². The van der Waals surface area contributed by atoms with E-state index in [9.17, 15) is 0 Å². The van der Waals surface area contributed by atoms with Crippen molar-refractivity contribution < 1.29 is 4.74 Å². The van der Waals surface area contributed by atoms with Crippen molar-refractivity contribution in [1.82, 2.24) is 0 Å². The van der Waals surface area contributed by atoms with E-state index in [2.05, 4.69) is 0 Å². The lowest BCUT2D eigenvalue weighted by atomic mass is 10.5. The Kier molecular flexibility index (Phi) is 3.95. The summed E-state index contributed by atoms with van der Waals surface area (Å²) in [5.41, 5.74) is 15.5. The zero-order valence-electron chi connectivity index (χ0n) is 6.00. The van der Waals surface area contributed by atoms with Crippen molar-refractivity contribution in [3.63, 3.8) is 0 Å². The van der Waals surface area contributed by atoms with Gasteiger partial charge in [-0.3, -0.25) is 0 Å². The van der Waals surface area contributed by atoms with Crippen molar-refractivity contribution in [2.45, 2.75) is 6.92 Å². The molecule has 0 saturated heterocycles. The highest BCUT2D eigenvalue weighted by molar-refractivity contribution is 5.13. The highest BCUT2D eigenvalue weighted by Crippen LogP contribution is 1.96. The van der Waals surface area contributed by atoms with Crippen LogP contribution in [0.15, 0.2) is 23.9 Å². The first-order chi connectivity index (χ1) is 4.70. The molecular formula is C6H13N3O. The average Bonchev–Trinajstić information content (AvgIpc) is 1.86. The van der Waals surface area contributed by atoms with E-state index >= 15 is 0 Å². The molecule has 0 amide bonds. The second-order valence-electron chi connectivity index (χ2n) is 1.65. The van der Waals surface area contributed by atoms with Crippen LogP contribution in [0.25, 0.3) is 0 Å². The third-order valence-corrected chi connectivity index (χ3v) is 0.784. The van der Waals surface area contributed by atoms with Gasteiger partial charge < -0.3 is 21.9 Å². The van der Waals surface area contributed by atoms with Gasteiger partial charge in [-0.15, -0.1) is 0 Å². The summed E-state index contributed by atoms with van der Waals surface area (Å²) < 4.78 is 5.00. The van der Waals surface area contributed by atoms with Gasteiger partial charge in [0, 0.05) is 12.3 Å². The van der Waals surface area contributed by atoms with Crippen LogP contribution in [0.2, 0.25) is 0 Å². The molecule has 0 aliphatic carbocycles. The largest absolute Gasteiger partial charge is 0.492 e. The molecule has 0 aromatic rings. The van der Waals surface area contributed by atoms with Crippen molar-refractivity contribution in [1.29, 1.82) is 0 Å². The SMILES string of the molecule is CCO/C(C=C(N)N)=C/N. The summed E-state index contributed by atoms with van der Waals surface area (Å²) in [6.45, 7) is 2.40. The molecule has 4 nitrogen and oxygen atoms in total. The summed E-state index contributed by atoms with van der Waals surface area (Å²) in [7, 11) is 0. The van der Waals surface area contributed by atoms with Crippen LogP contribution in [0.1, 0.15) is 6.92 Å². The predicted molar refractivity (Wildman–Crippen MR) is 40.4 cm³/mol. The van der Waals surface area contributed by atoms with Crippen LogP contribution in [0.3, 0.4) is 0 Å². The first-order valence-electron chi connectivity index (χ1n) is 2.98. The maximum Gasteiger partial charge on any atom is 0.138 e. The molecule has 0 aliphatic rings. The lowest BCUT2D eigenvalue weighted by Gasteiger charge is -2.01. The van der Waals surface area contributed by atoms with Gasteiger partial charge in [0.1, 0.15) is 5.76 Å². The van der Waals surface area contributed by atoms with Crippen LogP contribution in [0.4, 0.5) is 0 Å². The number of allylic oxidation sites excluding steroid dienone is 1. The van der Waals surface area contributed by atoms with Crippen LogP contribution in [-0.2, 0) is 4.74 Å². The molecular weight excluding hydrogens is 130 g/mol. The molecule has 0 unspecified atom stereocenters. The van der Waals surface area contributed by atoms with Gasteiger partial charge in [0.05, 0.1) is 12.4 Å². The fraction of sp³-hybridized carbons (Fsp3) is 0.333. The topological polar surface area (TPSA) is 87.3 Å². The van der Waals surface area contributed by atoms with Gasteiger partial charge in [-0.2, -0.15) is 0 Å². The second-order valence-corrected chi connectivity index (χ2v) is 1.65. The lowest BCUT2D eigenvalue weighted by molar-refractivity contribution is 0.241. The van der Waals surface area contributed by atoms with Crippen molar-refractivity contribution in [3.8, 4) is 0 Å². The lowest BCUT2D eigenvalue weighted by Crippen LogP contribution is -2.09. The van der Waals surface area contributed by atoms with Gasteiger partial charge in [0.2, 0.25) is 0 Å². The Morgan fingerprint density at radius 2 is 2.10 bits per heavy atom. The average molecular weight is 143 g/mol. The predicted octanol–water partition coefficient (Wildman–Crippen LogP) is -0.418. The molecule has 10 heavy (non-hydrogen) atoms. The summed E-state index contributed by atoms with van der Waals surface area (Å²) in [5, 5.41) is 0. The van der Waals surface area contributed by atoms with E-state index in [0.717, 1.165) is 0 Å². The number of hydrogen-bond acceptors (Lipinski definition) is 4. The molecule has 0 atom stereocenters. The first-order valence-corrected chi connectivity index (χ1v) is 2.98. The molecule has 0 rings (SSSR count). The zero-order chi connectivity index (χ0) is 7.98. The first kappa shape index (κ1) is 8.68. The minimum Gasteiger partial charge on any atom is -0.492 e. The van der Waals surface area contributed by atoms with Crippen LogP contribution in [-0.4, -0.2) is 6.61 Å². The standard InChI is InChI=1S/C6H13N3O/c1-2-10-5(4-7)3-6(8)9/h3-4H,2,7-9H2,1H3/b5-4+. The monoisotopic (exact) mass is 143 g/mol. The van der Waals surface area contributed by atoms with E-state index in [1.54, 1.807) is 0 Å². The Morgan fingerprint density at radius 3 is 2.40 bits per heavy atom. The van der Waals surface area contributed by atoms with E-state index in [0.29, 0.717) is 12.4 Å². The normalized spacial score (nSPS) is 10.7. The van der Waals surface area contributed by atoms with Crippen LogP contribution in [0, 0.1) is 0 Å². The molecule has 0 spiro atoms. The molecule has 0 aromatic heterocycles. The Bertz CT molecular complexity index is 147. The maximum absolute atomic E-state index is 5.16. The Labute approximate surface area is 60.3 Å². The zero-order valence-corrected chi connectivity index (χ0v) is 6.00. The molecule has 4 heteroatoms. The van der Waals surface area contributed by atoms with E-state index in [1.165, 1.54) is 12.3 Å². The summed E-state index contributed by atoms with van der Waals surface area (Å²) in [4.78, 5) is 0. The summed E-state index contributed by atoms with van der Waals surface area (Å²) in [6, 6.07) is 0. The van der Waals surface area contributed by atoms with E-state index < -0.39 is 0 Å². The van der Waals surface area contributed by atoms with Crippen molar-refractivity contribution in [2.75, 3.05) is 6.61 Å². The minimum absolute atomic E-state index is 0.185. The number of ether oxygens (including phenoxy) is 1. The fourth-order valence-electron chi connectivity index (χ4n) is 0.469. The Balaban J connectivity index is 3.98. The quantitative estimate of drug-likeness (QED) is 0.370. The van der Waals surface area contributed by atoms with Crippen LogP contribution < -0.4 is 17.2 Å². The van der Waals surface area contributed by atoms with E-state index in [-0.39, 0.29) is 5.82 Å². The molecule has 0 heterocycles. The van der Waals surface area contributed by atoms with Gasteiger partial charge in [-0.05, 0) is 6.92 Å². The third-order valence-electron chi connectivity index (χ3n) is 0.784. The molecule has 0 bridgehead atoms. The second kappa shape index (κ2) is 4.55. The highest BCUT2D eigenvalue weighted by Gasteiger charge is 1.89. The van der Waals surface area contributed by atoms with Gasteiger partial charge in [0.25, 0.3) is 0 Å². The van der Waals surface area contributed by atoms with Gasteiger partial charge in [0.15, 0.2) is 0 Å². The van der Waals surface area contributed by atoms with Gasteiger partial charge in [-0.25, -0.2) is 0 Å². The molecule has 0 fully saturated rings. The third kappa shape index (κ3) is 3.65. The minimum atomic E-state index is 0.185.